The summed E-state index contributed by atoms with van der Waals surface area (Å²) in [5, 5.41) is 9.99. The molecule has 1 fully saturated rings. The van der Waals surface area contributed by atoms with E-state index >= 15 is 0 Å². The topological polar surface area (TPSA) is 64.0 Å². The maximum Gasteiger partial charge on any atom is 0.123 e. The zero-order chi connectivity index (χ0) is 25.9. The highest BCUT2D eigenvalue weighted by Crippen LogP contribution is 2.33. The Kier molecular flexibility index (Phi) is 9.87. The van der Waals surface area contributed by atoms with Crippen LogP contribution in [0.15, 0.2) is 103 Å². The van der Waals surface area contributed by atoms with Crippen LogP contribution in [0.5, 0.6) is 0 Å². The predicted octanol–water partition coefficient (Wildman–Crippen LogP) is 5.11. The van der Waals surface area contributed by atoms with Gasteiger partial charge in [-0.3, -0.25) is 0 Å². The lowest BCUT2D eigenvalue weighted by molar-refractivity contribution is -0.0896. The molecule has 0 bridgehead atoms. The van der Waals surface area contributed by atoms with Crippen LogP contribution in [0.2, 0.25) is 0 Å². The minimum atomic E-state index is -0.581. The third-order valence-corrected chi connectivity index (χ3v) is 6.11. The molecule has 3 aromatic carbocycles. The summed E-state index contributed by atoms with van der Waals surface area (Å²) in [5.41, 5.74) is 3.67. The summed E-state index contributed by atoms with van der Waals surface area (Å²) in [7, 11) is 3.77. The van der Waals surface area contributed by atoms with Gasteiger partial charge in [0.1, 0.15) is 24.4 Å². The summed E-state index contributed by atoms with van der Waals surface area (Å²) in [5.74, 6) is 0. The molecule has 6 nitrogen and oxygen atoms in total. The van der Waals surface area contributed by atoms with Crippen LogP contribution in [0, 0.1) is 11.3 Å². The molecular formula is C31H34N2O4. The van der Waals surface area contributed by atoms with Crippen LogP contribution in [0.25, 0.3) is 0 Å². The van der Waals surface area contributed by atoms with Crippen LogP contribution < -0.4 is 0 Å². The summed E-state index contributed by atoms with van der Waals surface area (Å²) in [6.07, 6.45) is -0.117. The summed E-state index contributed by atoms with van der Waals surface area (Å²) >= 11 is 0. The number of benzene rings is 3. The Balaban J connectivity index is 1.56. The first-order chi connectivity index (χ1) is 18.1. The van der Waals surface area contributed by atoms with Crippen LogP contribution in [0.1, 0.15) is 16.7 Å². The van der Waals surface area contributed by atoms with Crippen LogP contribution in [-0.4, -0.2) is 50.0 Å². The second-order valence-electron chi connectivity index (χ2n) is 9.28. The van der Waals surface area contributed by atoms with Crippen LogP contribution in [0.4, 0.5) is 0 Å². The van der Waals surface area contributed by atoms with Gasteiger partial charge in [0.25, 0.3) is 0 Å². The zero-order valence-corrected chi connectivity index (χ0v) is 21.4. The number of rotatable bonds is 12. The molecule has 0 radical (unpaired) electrons. The molecule has 0 spiro atoms. The number of nitriles is 1. The number of nitrogens with zero attached hydrogens (tertiary/aromatic N) is 2. The zero-order valence-electron chi connectivity index (χ0n) is 21.4. The van der Waals surface area contributed by atoms with E-state index in [0.717, 1.165) is 16.7 Å². The predicted molar refractivity (Wildman–Crippen MR) is 142 cm³/mol. The Morgan fingerprint density at radius 3 is 1.76 bits per heavy atom. The molecule has 1 heterocycles. The summed E-state index contributed by atoms with van der Waals surface area (Å²) in [6.45, 7) is 1.57. The number of ether oxygens (including phenoxy) is 4. The fraction of sp³-hybridized carbons (Fsp3) is 0.323. The first-order valence-corrected chi connectivity index (χ1v) is 12.5. The van der Waals surface area contributed by atoms with Gasteiger partial charge >= 0.3 is 0 Å². The molecular weight excluding hydrogens is 464 g/mol. The largest absolute Gasteiger partial charge is 0.383 e. The highest BCUT2D eigenvalue weighted by atomic mass is 16.6. The van der Waals surface area contributed by atoms with Gasteiger partial charge in [0.15, 0.2) is 0 Å². The first kappa shape index (κ1) is 26.6. The van der Waals surface area contributed by atoms with Crippen molar-refractivity contribution in [3.8, 4) is 6.07 Å². The van der Waals surface area contributed by atoms with E-state index in [4.69, 9.17) is 18.9 Å². The molecule has 192 valence electrons. The quantitative estimate of drug-likeness (QED) is 0.324. The second-order valence-corrected chi connectivity index (χ2v) is 9.28. The fourth-order valence-electron chi connectivity index (χ4n) is 4.34. The Morgan fingerprint density at radius 2 is 1.27 bits per heavy atom. The molecule has 0 N–H and O–H groups in total. The molecule has 4 unspecified atom stereocenters. The molecule has 37 heavy (non-hydrogen) atoms. The van der Waals surface area contributed by atoms with E-state index in [1.165, 1.54) is 0 Å². The monoisotopic (exact) mass is 498 g/mol. The molecule has 6 heteroatoms. The lowest BCUT2D eigenvalue weighted by atomic mass is 10.0. The van der Waals surface area contributed by atoms with Gasteiger partial charge in [-0.15, -0.1) is 0 Å². The van der Waals surface area contributed by atoms with Crippen molar-refractivity contribution in [2.24, 2.45) is 0 Å². The standard InChI is InChI=1S/C31H34N2O4/c1-33(2)19-27(18-32)29-31(36-22-26-16-10-5-11-17-26)30(35-21-25-14-8-4-9-15-25)28(37-29)23-34-20-24-12-6-3-7-13-24/h3-17,19,28-31H,20-23H2,1-2H3/b27-19+. The Labute approximate surface area is 219 Å². The minimum Gasteiger partial charge on any atom is -0.383 e. The SMILES string of the molecule is CN(C)/C=C(\C#N)C1OC(COCc2ccccc2)C(OCc2ccccc2)C1OCc1ccccc1. The fourth-order valence-corrected chi connectivity index (χ4v) is 4.34. The third kappa shape index (κ3) is 7.75. The highest BCUT2D eigenvalue weighted by molar-refractivity contribution is 5.29. The van der Waals surface area contributed by atoms with Crippen molar-refractivity contribution >= 4 is 0 Å². The van der Waals surface area contributed by atoms with E-state index in [-0.39, 0.29) is 0 Å². The maximum absolute atomic E-state index is 9.99. The minimum absolute atomic E-state index is 0.316. The summed E-state index contributed by atoms with van der Waals surface area (Å²) in [6, 6.07) is 32.3. The van der Waals surface area contributed by atoms with Crippen LogP contribution in [-0.2, 0) is 38.8 Å². The van der Waals surface area contributed by atoms with E-state index in [1.807, 2.05) is 110 Å². The third-order valence-electron chi connectivity index (χ3n) is 6.11. The highest BCUT2D eigenvalue weighted by Gasteiger charge is 2.48. The van der Waals surface area contributed by atoms with Crippen LogP contribution in [0.3, 0.4) is 0 Å². The van der Waals surface area contributed by atoms with Crippen molar-refractivity contribution in [3.63, 3.8) is 0 Å². The van der Waals surface area contributed by atoms with Gasteiger partial charge in [0, 0.05) is 20.3 Å². The Bertz CT molecular complexity index is 1150. The van der Waals surface area contributed by atoms with Gasteiger partial charge in [0.2, 0.25) is 0 Å². The van der Waals surface area contributed by atoms with Gasteiger partial charge in [-0.25, -0.2) is 0 Å². The van der Waals surface area contributed by atoms with Gasteiger partial charge in [-0.2, -0.15) is 5.26 Å². The molecule has 3 aromatic rings. The number of hydrogen-bond donors (Lipinski definition) is 0. The number of hydrogen-bond acceptors (Lipinski definition) is 6. The average molecular weight is 499 g/mol. The van der Waals surface area contributed by atoms with Gasteiger partial charge in [-0.05, 0) is 16.7 Å². The second kappa shape index (κ2) is 13.7. The van der Waals surface area contributed by atoms with Crippen molar-refractivity contribution in [3.05, 3.63) is 119 Å². The molecule has 0 aliphatic carbocycles. The van der Waals surface area contributed by atoms with Gasteiger partial charge < -0.3 is 23.8 Å². The molecule has 0 amide bonds. The molecule has 4 atom stereocenters. The Morgan fingerprint density at radius 1 is 0.784 bits per heavy atom. The molecule has 1 saturated heterocycles. The molecule has 1 aliphatic rings. The summed E-state index contributed by atoms with van der Waals surface area (Å²) < 4.78 is 25.4. The van der Waals surface area contributed by atoms with Crippen molar-refractivity contribution in [2.75, 3.05) is 20.7 Å². The van der Waals surface area contributed by atoms with Crippen molar-refractivity contribution in [1.82, 2.24) is 4.90 Å². The molecule has 0 saturated carbocycles. The van der Waals surface area contributed by atoms with Crippen molar-refractivity contribution in [2.45, 2.75) is 44.2 Å². The molecule has 4 rings (SSSR count). The summed E-state index contributed by atoms with van der Waals surface area (Å²) in [4.78, 5) is 1.84. The van der Waals surface area contributed by atoms with Gasteiger partial charge in [0.05, 0.1) is 38.1 Å². The first-order valence-electron chi connectivity index (χ1n) is 12.5. The Hall–Kier alpha value is -3.47. The lowest BCUT2D eigenvalue weighted by Crippen LogP contribution is -2.39. The molecule has 0 aromatic heterocycles. The smallest absolute Gasteiger partial charge is 0.123 e. The van der Waals surface area contributed by atoms with Crippen molar-refractivity contribution < 1.29 is 18.9 Å². The normalized spacial score (nSPS) is 21.5. The van der Waals surface area contributed by atoms with E-state index < -0.39 is 24.4 Å². The van der Waals surface area contributed by atoms with Crippen molar-refractivity contribution in [1.29, 1.82) is 5.26 Å². The maximum atomic E-state index is 9.99. The average Bonchev–Trinajstić information content (AvgIpc) is 3.28. The van der Waals surface area contributed by atoms with E-state index in [9.17, 15) is 5.26 Å². The van der Waals surface area contributed by atoms with Crippen LogP contribution >= 0.6 is 0 Å². The lowest BCUT2D eigenvalue weighted by Gasteiger charge is -2.25. The van der Waals surface area contributed by atoms with E-state index in [0.29, 0.717) is 32.0 Å². The molecule has 1 aliphatic heterocycles. The van der Waals surface area contributed by atoms with E-state index in [2.05, 4.69) is 6.07 Å². The van der Waals surface area contributed by atoms with Gasteiger partial charge in [-0.1, -0.05) is 91.0 Å². The van der Waals surface area contributed by atoms with E-state index in [1.54, 1.807) is 6.20 Å².